The van der Waals surface area contributed by atoms with Crippen LogP contribution in [0.25, 0.3) is 21.0 Å². The largest absolute Gasteiger partial charge is 0.497 e. The first-order valence-corrected chi connectivity index (χ1v) is 13.4. The number of rotatable bonds is 9. The number of hydrogen-bond acceptors (Lipinski definition) is 6. The average Bonchev–Trinajstić information content (AvgIpc) is 3.35. The average molecular weight is 533 g/mol. The predicted molar refractivity (Wildman–Crippen MR) is 151 cm³/mol. The van der Waals surface area contributed by atoms with Gasteiger partial charge in [-0.15, -0.1) is 23.1 Å². The lowest BCUT2D eigenvalue weighted by Gasteiger charge is -2.18. The topological polar surface area (TPSA) is 88.5 Å². The Hall–Kier alpha value is -3.62. The highest BCUT2D eigenvalue weighted by Gasteiger charge is 2.28. The summed E-state index contributed by atoms with van der Waals surface area (Å²) in [5, 5.41) is 13.1. The fourth-order valence-corrected chi connectivity index (χ4v) is 5.58. The Bertz CT molecular complexity index is 1390. The van der Waals surface area contributed by atoms with E-state index in [1.165, 1.54) is 28.7 Å². The normalized spacial score (nSPS) is 11.2. The number of carboxylic acids is 1. The molecule has 0 fully saturated rings. The molecule has 0 aliphatic heterocycles. The number of thioether (sulfide) groups is 1. The van der Waals surface area contributed by atoms with E-state index in [9.17, 15) is 14.7 Å². The smallest absolute Gasteiger partial charge is 0.319 e. The summed E-state index contributed by atoms with van der Waals surface area (Å²) < 4.78 is 4.35. The number of amides is 1. The fraction of sp³-hybridized carbons (Fsp3) is 0.207. The first kappa shape index (κ1) is 26.4. The predicted octanol–water partition coefficient (Wildman–Crippen LogP) is 7.26. The van der Waals surface area contributed by atoms with Crippen molar-refractivity contribution in [3.05, 3.63) is 84.1 Å². The zero-order valence-corrected chi connectivity index (χ0v) is 22.7. The van der Waals surface area contributed by atoms with Gasteiger partial charge in [-0.3, -0.25) is 9.59 Å². The molecule has 2 N–H and O–H groups in total. The van der Waals surface area contributed by atoms with Gasteiger partial charge >= 0.3 is 5.97 Å². The zero-order chi connectivity index (χ0) is 26.6. The molecule has 8 heteroatoms. The van der Waals surface area contributed by atoms with Crippen molar-refractivity contribution in [2.45, 2.75) is 36.8 Å². The zero-order valence-electron chi connectivity index (χ0n) is 21.1. The third-order valence-electron chi connectivity index (χ3n) is 5.80. The minimum Gasteiger partial charge on any atom is -0.497 e. The van der Waals surface area contributed by atoms with Crippen molar-refractivity contribution in [2.75, 3.05) is 12.4 Å². The summed E-state index contributed by atoms with van der Waals surface area (Å²) >= 11 is 2.72. The number of nitrogens with zero attached hydrogens (tertiary/aromatic N) is 1. The van der Waals surface area contributed by atoms with E-state index in [1.807, 2.05) is 72.8 Å². The van der Waals surface area contributed by atoms with Crippen LogP contribution in [0.2, 0.25) is 0 Å². The van der Waals surface area contributed by atoms with Crippen LogP contribution < -0.4 is 10.1 Å². The van der Waals surface area contributed by atoms with Crippen molar-refractivity contribution < 1.29 is 19.4 Å². The van der Waals surface area contributed by atoms with Crippen LogP contribution in [0.5, 0.6) is 5.75 Å². The molecule has 4 rings (SSSR count). The van der Waals surface area contributed by atoms with Crippen molar-refractivity contribution in [1.82, 2.24) is 4.98 Å². The maximum absolute atomic E-state index is 13.4. The molecular weight excluding hydrogens is 504 g/mol. The van der Waals surface area contributed by atoms with Gasteiger partial charge in [0.25, 0.3) is 5.91 Å². The van der Waals surface area contributed by atoms with Crippen LogP contribution in [0, 0.1) is 0 Å². The third kappa shape index (κ3) is 6.21. The Labute approximate surface area is 224 Å². The monoisotopic (exact) mass is 532 g/mol. The van der Waals surface area contributed by atoms with Crippen molar-refractivity contribution in [3.8, 4) is 26.8 Å². The number of anilines is 1. The van der Waals surface area contributed by atoms with Crippen LogP contribution in [0.1, 0.15) is 36.8 Å². The van der Waals surface area contributed by atoms with E-state index in [1.54, 1.807) is 21.0 Å². The summed E-state index contributed by atoms with van der Waals surface area (Å²) in [6, 6.07) is 22.9. The van der Waals surface area contributed by atoms with Crippen LogP contribution >= 0.6 is 23.1 Å². The maximum atomic E-state index is 13.4. The van der Waals surface area contributed by atoms with Gasteiger partial charge in [-0.1, -0.05) is 31.2 Å². The Morgan fingerprint density at radius 2 is 1.59 bits per heavy atom. The molecule has 1 heterocycles. The molecule has 0 spiro atoms. The van der Waals surface area contributed by atoms with E-state index in [-0.39, 0.29) is 5.91 Å². The first-order valence-electron chi connectivity index (χ1n) is 11.8. The molecule has 4 aromatic rings. The summed E-state index contributed by atoms with van der Waals surface area (Å²) in [5.41, 5.74) is 3.96. The number of nitrogens with one attached hydrogen (secondary N) is 1. The molecule has 190 valence electrons. The number of hydrogen-bond donors (Lipinski definition) is 2. The number of aromatic nitrogens is 1. The van der Waals surface area contributed by atoms with Gasteiger partial charge in [0.15, 0.2) is 0 Å². The second-order valence-corrected chi connectivity index (χ2v) is 11.6. The van der Waals surface area contributed by atoms with Crippen molar-refractivity contribution in [3.63, 3.8) is 0 Å². The summed E-state index contributed by atoms with van der Waals surface area (Å²) in [4.78, 5) is 31.2. The number of ether oxygens (including phenoxy) is 1. The van der Waals surface area contributed by atoms with Gasteiger partial charge in [-0.2, -0.15) is 0 Å². The van der Waals surface area contributed by atoms with Crippen LogP contribution in [0.4, 0.5) is 5.69 Å². The minimum atomic E-state index is -0.940. The number of thiazole rings is 1. The van der Waals surface area contributed by atoms with E-state index >= 15 is 0 Å². The number of methoxy groups -OCH3 is 1. The molecule has 0 bridgehead atoms. The van der Waals surface area contributed by atoms with Crippen LogP contribution in [-0.2, 0) is 11.2 Å². The Kier molecular flexibility index (Phi) is 8.00. The number of carbonyl (C=O) groups is 2. The van der Waals surface area contributed by atoms with Crippen molar-refractivity contribution >= 4 is 40.7 Å². The highest BCUT2D eigenvalue weighted by molar-refractivity contribution is 8.01. The Balaban J connectivity index is 1.67. The second kappa shape index (κ2) is 11.2. The molecule has 0 saturated carbocycles. The second-order valence-electron chi connectivity index (χ2n) is 8.87. The molecular formula is C29H28N2O4S2. The molecule has 3 aromatic carbocycles. The van der Waals surface area contributed by atoms with E-state index in [0.717, 1.165) is 33.1 Å². The van der Waals surface area contributed by atoms with Gasteiger partial charge in [0.2, 0.25) is 0 Å². The highest BCUT2D eigenvalue weighted by atomic mass is 32.2. The lowest BCUT2D eigenvalue weighted by Crippen LogP contribution is -2.26. The van der Waals surface area contributed by atoms with Gasteiger partial charge in [0.05, 0.1) is 12.0 Å². The molecule has 37 heavy (non-hydrogen) atoms. The molecule has 6 nitrogen and oxygen atoms in total. The molecule has 0 atom stereocenters. The minimum absolute atomic E-state index is 0.284. The van der Waals surface area contributed by atoms with E-state index in [4.69, 9.17) is 9.72 Å². The summed E-state index contributed by atoms with van der Waals surface area (Å²) in [7, 11) is 1.61. The molecule has 0 unspecified atom stereocenters. The van der Waals surface area contributed by atoms with Crippen LogP contribution in [0.15, 0.2) is 77.7 Å². The Morgan fingerprint density at radius 1 is 0.973 bits per heavy atom. The number of carbonyl (C=O) groups excluding carboxylic acids is 1. The third-order valence-corrected chi connectivity index (χ3v) is 8.15. The Morgan fingerprint density at radius 3 is 2.16 bits per heavy atom. The maximum Gasteiger partial charge on any atom is 0.319 e. The summed E-state index contributed by atoms with van der Waals surface area (Å²) in [6.45, 7) is 5.44. The van der Waals surface area contributed by atoms with Gasteiger partial charge in [-0.25, -0.2) is 4.98 Å². The lowest BCUT2D eigenvalue weighted by molar-refractivity contribution is -0.138. The van der Waals surface area contributed by atoms with Crippen molar-refractivity contribution in [1.29, 1.82) is 0 Å². The standard InChI is InChI=1S/C29H28N2O4S2/c1-5-18-6-12-21(13-7-18)30-26(32)24-25(19-8-14-22(35-4)15-9-19)36-27(31-24)20-10-16-23(17-11-20)37-29(2,3)28(33)34/h6-17H,5H2,1-4H3,(H,30,32)(H,33,34). The molecule has 1 amide bonds. The number of aliphatic carboxylic acids is 1. The number of aryl methyl sites for hydroxylation is 1. The van der Waals surface area contributed by atoms with Crippen LogP contribution in [-0.4, -0.2) is 33.8 Å². The lowest BCUT2D eigenvalue weighted by atomic mass is 10.1. The molecule has 0 saturated heterocycles. The number of benzene rings is 3. The number of carboxylic acid groups (broad SMARTS) is 1. The van der Waals surface area contributed by atoms with Gasteiger partial charge in [-0.05, 0) is 79.9 Å². The summed E-state index contributed by atoms with van der Waals surface area (Å²) in [5.74, 6) is -0.425. The molecule has 1 aromatic heterocycles. The van der Waals surface area contributed by atoms with Crippen molar-refractivity contribution in [2.24, 2.45) is 0 Å². The van der Waals surface area contributed by atoms with E-state index < -0.39 is 10.7 Å². The first-order chi connectivity index (χ1) is 17.7. The SMILES string of the molecule is CCc1ccc(NC(=O)c2nc(-c3ccc(SC(C)(C)C(=O)O)cc3)sc2-c2ccc(OC)cc2)cc1. The van der Waals surface area contributed by atoms with Gasteiger partial charge in [0.1, 0.15) is 21.2 Å². The summed E-state index contributed by atoms with van der Waals surface area (Å²) in [6.07, 6.45) is 0.927. The van der Waals surface area contributed by atoms with Gasteiger partial charge in [0, 0.05) is 16.1 Å². The van der Waals surface area contributed by atoms with Crippen LogP contribution in [0.3, 0.4) is 0 Å². The van der Waals surface area contributed by atoms with E-state index in [2.05, 4.69) is 12.2 Å². The molecule has 0 aliphatic rings. The van der Waals surface area contributed by atoms with E-state index in [0.29, 0.717) is 16.4 Å². The molecule has 0 aliphatic carbocycles. The van der Waals surface area contributed by atoms with Gasteiger partial charge < -0.3 is 15.2 Å². The quantitative estimate of drug-likeness (QED) is 0.221. The fourth-order valence-electron chi connectivity index (χ4n) is 3.55. The highest BCUT2D eigenvalue weighted by Crippen LogP contribution is 2.38. The molecule has 0 radical (unpaired) electrons.